The highest BCUT2D eigenvalue weighted by Crippen LogP contribution is 2.30. The highest BCUT2D eigenvalue weighted by Gasteiger charge is 2.16. The summed E-state index contributed by atoms with van der Waals surface area (Å²) in [5.41, 5.74) is 8.08. The standard InChI is InChI=1S/C18H14BrFN2O2/c1-10-8-11(21)9-13(19)17(10)22-18(23)16-7-6-15(24-16)12-4-2-3-5-14(12)20/h2-9H,21H2,1H3,(H,22,23). The van der Waals surface area contributed by atoms with E-state index in [-0.39, 0.29) is 5.76 Å². The second-order valence-electron chi connectivity index (χ2n) is 5.29. The minimum absolute atomic E-state index is 0.0939. The monoisotopic (exact) mass is 388 g/mol. The maximum atomic E-state index is 13.8. The molecule has 1 amide bonds. The first-order chi connectivity index (χ1) is 11.5. The molecule has 3 rings (SSSR count). The molecule has 122 valence electrons. The van der Waals surface area contributed by atoms with Gasteiger partial charge in [0.05, 0.1) is 11.3 Å². The van der Waals surface area contributed by atoms with Crippen molar-refractivity contribution in [1.82, 2.24) is 0 Å². The van der Waals surface area contributed by atoms with E-state index in [1.54, 1.807) is 36.4 Å². The maximum absolute atomic E-state index is 13.8. The molecule has 0 aliphatic carbocycles. The summed E-state index contributed by atoms with van der Waals surface area (Å²) in [6, 6.07) is 12.8. The van der Waals surface area contributed by atoms with Crippen molar-refractivity contribution >= 4 is 33.2 Å². The van der Waals surface area contributed by atoms with Gasteiger partial charge in [-0.25, -0.2) is 4.39 Å². The second-order valence-corrected chi connectivity index (χ2v) is 6.15. The molecule has 0 atom stereocenters. The number of rotatable bonds is 3. The molecular weight excluding hydrogens is 375 g/mol. The molecule has 4 nitrogen and oxygen atoms in total. The van der Waals surface area contributed by atoms with Crippen molar-refractivity contribution in [3.63, 3.8) is 0 Å². The first-order valence-electron chi connectivity index (χ1n) is 7.17. The van der Waals surface area contributed by atoms with Crippen molar-refractivity contribution in [3.8, 4) is 11.3 Å². The number of aryl methyl sites for hydroxylation is 1. The van der Waals surface area contributed by atoms with Gasteiger partial charge in [-0.15, -0.1) is 0 Å². The molecule has 0 aliphatic rings. The summed E-state index contributed by atoms with van der Waals surface area (Å²) in [7, 11) is 0. The lowest BCUT2D eigenvalue weighted by Gasteiger charge is -2.10. The van der Waals surface area contributed by atoms with Crippen LogP contribution in [0.5, 0.6) is 0 Å². The Kier molecular flexibility index (Phi) is 4.40. The number of carbonyl (C=O) groups excluding carboxylic acids is 1. The predicted octanol–water partition coefficient (Wildman–Crippen LogP) is 4.99. The zero-order valence-corrected chi connectivity index (χ0v) is 14.4. The van der Waals surface area contributed by atoms with Crippen molar-refractivity contribution < 1.29 is 13.6 Å². The predicted molar refractivity (Wildman–Crippen MR) is 95.3 cm³/mol. The second kappa shape index (κ2) is 6.49. The number of carbonyl (C=O) groups is 1. The van der Waals surface area contributed by atoms with Crippen LogP contribution in [0.2, 0.25) is 0 Å². The first kappa shape index (κ1) is 16.3. The largest absolute Gasteiger partial charge is 0.451 e. The van der Waals surface area contributed by atoms with Gasteiger partial charge in [-0.2, -0.15) is 0 Å². The highest BCUT2D eigenvalue weighted by molar-refractivity contribution is 9.10. The van der Waals surface area contributed by atoms with Gasteiger partial charge in [-0.05, 0) is 64.8 Å². The number of nitrogens with one attached hydrogen (secondary N) is 1. The van der Waals surface area contributed by atoms with Crippen molar-refractivity contribution in [2.45, 2.75) is 6.92 Å². The van der Waals surface area contributed by atoms with E-state index < -0.39 is 11.7 Å². The average Bonchev–Trinajstić information content (AvgIpc) is 3.01. The van der Waals surface area contributed by atoms with Crippen LogP contribution in [-0.4, -0.2) is 5.91 Å². The number of nitrogens with two attached hydrogens (primary N) is 1. The molecular formula is C18H14BrFN2O2. The van der Waals surface area contributed by atoms with E-state index in [0.717, 1.165) is 5.56 Å². The van der Waals surface area contributed by atoms with Crippen LogP contribution in [-0.2, 0) is 0 Å². The van der Waals surface area contributed by atoms with E-state index in [4.69, 9.17) is 10.2 Å². The van der Waals surface area contributed by atoms with Gasteiger partial charge in [0, 0.05) is 10.2 Å². The van der Waals surface area contributed by atoms with Crippen molar-refractivity contribution in [2.24, 2.45) is 0 Å². The Hall–Kier alpha value is -2.60. The molecule has 3 N–H and O–H groups in total. The first-order valence-corrected chi connectivity index (χ1v) is 7.96. The Bertz CT molecular complexity index is 898. The van der Waals surface area contributed by atoms with E-state index in [2.05, 4.69) is 21.2 Å². The van der Waals surface area contributed by atoms with Crippen LogP contribution in [0.15, 0.2) is 57.4 Å². The van der Waals surface area contributed by atoms with E-state index in [0.29, 0.717) is 27.2 Å². The van der Waals surface area contributed by atoms with Crippen LogP contribution in [0.4, 0.5) is 15.8 Å². The number of nitrogen functional groups attached to an aromatic ring is 1. The number of amides is 1. The Morgan fingerprint density at radius 2 is 1.96 bits per heavy atom. The fourth-order valence-electron chi connectivity index (χ4n) is 2.37. The van der Waals surface area contributed by atoms with Crippen molar-refractivity contribution in [1.29, 1.82) is 0 Å². The minimum atomic E-state index is -0.425. The van der Waals surface area contributed by atoms with E-state index in [9.17, 15) is 9.18 Å². The number of benzene rings is 2. The van der Waals surface area contributed by atoms with Crippen LogP contribution in [0.1, 0.15) is 16.1 Å². The van der Waals surface area contributed by atoms with Gasteiger partial charge in [0.2, 0.25) is 0 Å². The van der Waals surface area contributed by atoms with Gasteiger partial charge in [-0.1, -0.05) is 12.1 Å². The Labute approximate surface area is 146 Å². The normalized spacial score (nSPS) is 10.6. The number of hydrogen-bond donors (Lipinski definition) is 2. The third-order valence-electron chi connectivity index (χ3n) is 3.52. The van der Waals surface area contributed by atoms with Gasteiger partial charge in [-0.3, -0.25) is 4.79 Å². The van der Waals surface area contributed by atoms with E-state index >= 15 is 0 Å². The highest BCUT2D eigenvalue weighted by atomic mass is 79.9. The van der Waals surface area contributed by atoms with Crippen LogP contribution >= 0.6 is 15.9 Å². The van der Waals surface area contributed by atoms with Crippen LogP contribution in [0.3, 0.4) is 0 Å². The molecule has 0 aliphatic heterocycles. The fourth-order valence-corrected chi connectivity index (χ4v) is 3.05. The van der Waals surface area contributed by atoms with Gasteiger partial charge >= 0.3 is 0 Å². The fraction of sp³-hybridized carbons (Fsp3) is 0.0556. The molecule has 2 aromatic carbocycles. The van der Waals surface area contributed by atoms with Gasteiger partial charge < -0.3 is 15.5 Å². The summed E-state index contributed by atoms with van der Waals surface area (Å²) in [5.74, 6) is -0.440. The zero-order chi connectivity index (χ0) is 17.3. The lowest BCUT2D eigenvalue weighted by atomic mass is 10.1. The van der Waals surface area contributed by atoms with Crippen LogP contribution in [0, 0.1) is 12.7 Å². The molecule has 0 bridgehead atoms. The SMILES string of the molecule is Cc1cc(N)cc(Br)c1NC(=O)c1ccc(-c2ccccc2F)o1. The molecule has 0 spiro atoms. The third kappa shape index (κ3) is 3.19. The van der Waals surface area contributed by atoms with Crippen molar-refractivity contribution in [3.05, 3.63) is 70.1 Å². The molecule has 24 heavy (non-hydrogen) atoms. The lowest BCUT2D eigenvalue weighted by Crippen LogP contribution is -2.12. The maximum Gasteiger partial charge on any atom is 0.291 e. The lowest BCUT2D eigenvalue weighted by molar-refractivity contribution is 0.0997. The smallest absolute Gasteiger partial charge is 0.291 e. The summed E-state index contributed by atoms with van der Waals surface area (Å²) >= 11 is 3.38. The molecule has 3 aromatic rings. The molecule has 0 unspecified atom stereocenters. The average molecular weight is 389 g/mol. The van der Waals surface area contributed by atoms with Crippen molar-refractivity contribution in [2.75, 3.05) is 11.1 Å². The number of halogens is 2. The minimum Gasteiger partial charge on any atom is -0.451 e. The molecule has 0 fully saturated rings. The molecule has 1 aromatic heterocycles. The summed E-state index contributed by atoms with van der Waals surface area (Å²) in [6.07, 6.45) is 0. The molecule has 0 radical (unpaired) electrons. The molecule has 0 saturated heterocycles. The van der Waals surface area contributed by atoms with Crippen LogP contribution < -0.4 is 11.1 Å². The Morgan fingerprint density at radius 1 is 1.21 bits per heavy atom. The number of furan rings is 1. The summed E-state index contributed by atoms with van der Waals surface area (Å²) < 4.78 is 20.0. The van der Waals surface area contributed by atoms with E-state index in [1.165, 1.54) is 12.1 Å². The topological polar surface area (TPSA) is 68.3 Å². The quantitative estimate of drug-likeness (QED) is 0.620. The number of hydrogen-bond acceptors (Lipinski definition) is 3. The number of anilines is 2. The molecule has 0 saturated carbocycles. The third-order valence-corrected chi connectivity index (χ3v) is 4.14. The van der Waals surface area contributed by atoms with Gasteiger partial charge in [0.1, 0.15) is 11.6 Å². The van der Waals surface area contributed by atoms with Crippen LogP contribution in [0.25, 0.3) is 11.3 Å². The zero-order valence-electron chi connectivity index (χ0n) is 12.8. The van der Waals surface area contributed by atoms with Gasteiger partial charge in [0.15, 0.2) is 5.76 Å². The van der Waals surface area contributed by atoms with Gasteiger partial charge in [0.25, 0.3) is 5.91 Å². The molecule has 1 heterocycles. The Morgan fingerprint density at radius 3 is 2.67 bits per heavy atom. The summed E-state index contributed by atoms with van der Waals surface area (Å²) in [5, 5.41) is 2.77. The molecule has 6 heteroatoms. The Balaban J connectivity index is 1.86. The summed E-state index contributed by atoms with van der Waals surface area (Å²) in [6.45, 7) is 1.84. The summed E-state index contributed by atoms with van der Waals surface area (Å²) in [4.78, 5) is 12.4. The van der Waals surface area contributed by atoms with E-state index in [1.807, 2.05) is 6.92 Å².